The number of nitrogen functional groups attached to an aromatic ring is 1. The van der Waals surface area contributed by atoms with Crippen LogP contribution < -0.4 is 11.4 Å². The molecule has 0 bridgehead atoms. The minimum absolute atomic E-state index is 0.0583. The van der Waals surface area contributed by atoms with Gasteiger partial charge in [-0.25, -0.2) is 9.89 Å². The highest BCUT2D eigenvalue weighted by atomic mass is 32.2. The molecule has 8 heteroatoms. The highest BCUT2D eigenvalue weighted by Gasteiger charge is 2.08. The molecule has 2 aromatic heterocycles. The van der Waals surface area contributed by atoms with E-state index >= 15 is 0 Å². The van der Waals surface area contributed by atoms with E-state index in [0.717, 1.165) is 5.56 Å². The van der Waals surface area contributed by atoms with Crippen molar-refractivity contribution >= 4 is 17.6 Å². The van der Waals surface area contributed by atoms with E-state index in [-0.39, 0.29) is 11.5 Å². The third kappa shape index (κ3) is 3.02. The summed E-state index contributed by atoms with van der Waals surface area (Å²) < 4.78 is 1.57. The van der Waals surface area contributed by atoms with Crippen molar-refractivity contribution in [1.82, 2.24) is 19.7 Å². The van der Waals surface area contributed by atoms with Gasteiger partial charge in [0.2, 0.25) is 0 Å². The van der Waals surface area contributed by atoms with E-state index in [0.29, 0.717) is 23.1 Å². The van der Waals surface area contributed by atoms with Crippen LogP contribution in [0.1, 0.15) is 18.2 Å². The number of nitrogens with zero attached hydrogens (tertiary/aromatic N) is 3. The molecular weight excluding hydrogens is 264 g/mol. The Morgan fingerprint density at radius 2 is 2.42 bits per heavy atom. The van der Waals surface area contributed by atoms with Gasteiger partial charge in [-0.05, 0) is 24.6 Å². The van der Waals surface area contributed by atoms with Crippen molar-refractivity contribution in [3.63, 3.8) is 0 Å². The van der Waals surface area contributed by atoms with Gasteiger partial charge in [-0.3, -0.25) is 15.0 Å². The van der Waals surface area contributed by atoms with Crippen LogP contribution >= 0.6 is 11.8 Å². The number of H-pyrrole nitrogens is 1. The first-order chi connectivity index (χ1) is 9.11. The van der Waals surface area contributed by atoms with Crippen LogP contribution in [-0.2, 0) is 12.3 Å². The molecule has 2 rings (SSSR count). The molecule has 2 aromatic rings. The van der Waals surface area contributed by atoms with Crippen LogP contribution in [0.2, 0.25) is 0 Å². The Hall–Kier alpha value is -2.09. The summed E-state index contributed by atoms with van der Waals surface area (Å²) in [5.74, 6) is 0.574. The maximum absolute atomic E-state index is 11.4. The molecule has 2 heterocycles. The molecule has 0 aromatic carbocycles. The standard InChI is InChI=1S/C11H14N6OS/c1-2-17-10(18)15-16-11(17)19-6-7-3-4-14-8(5-7)9(12)13/h3-5H,2,6H2,1H3,(H3,12,13)(H,15,18). The van der Waals surface area contributed by atoms with Crippen molar-refractivity contribution in [2.24, 2.45) is 5.73 Å². The number of pyridine rings is 1. The first-order valence-corrected chi connectivity index (χ1v) is 6.67. The lowest BCUT2D eigenvalue weighted by Crippen LogP contribution is -2.16. The number of rotatable bonds is 5. The van der Waals surface area contributed by atoms with Crippen molar-refractivity contribution in [2.75, 3.05) is 0 Å². The lowest BCUT2D eigenvalue weighted by atomic mass is 10.2. The predicted octanol–water partition coefficient (Wildman–Crippen LogP) is 0.563. The number of aromatic amines is 1. The molecule has 0 spiro atoms. The molecule has 100 valence electrons. The number of hydrogen-bond donors (Lipinski definition) is 3. The molecule has 0 atom stereocenters. The number of nitrogens with one attached hydrogen (secondary N) is 2. The Balaban J connectivity index is 2.12. The lowest BCUT2D eigenvalue weighted by Gasteiger charge is -2.04. The van der Waals surface area contributed by atoms with Crippen LogP contribution in [0, 0.1) is 5.41 Å². The topological polar surface area (TPSA) is 113 Å². The molecule has 19 heavy (non-hydrogen) atoms. The largest absolute Gasteiger partial charge is 0.382 e. The van der Waals surface area contributed by atoms with Crippen molar-refractivity contribution in [3.8, 4) is 0 Å². The van der Waals surface area contributed by atoms with Gasteiger partial charge in [-0.15, -0.1) is 5.10 Å². The molecule has 0 unspecified atom stereocenters. The maximum atomic E-state index is 11.4. The second-order valence-corrected chi connectivity index (χ2v) is 4.75. The first kappa shape index (κ1) is 13.3. The van der Waals surface area contributed by atoms with Gasteiger partial charge in [0.05, 0.1) is 0 Å². The Morgan fingerprint density at radius 1 is 1.63 bits per heavy atom. The summed E-state index contributed by atoms with van der Waals surface area (Å²) >= 11 is 1.45. The van der Waals surface area contributed by atoms with Crippen molar-refractivity contribution in [2.45, 2.75) is 24.4 Å². The molecule has 0 aliphatic carbocycles. The summed E-state index contributed by atoms with van der Waals surface area (Å²) in [5.41, 5.74) is 6.61. The van der Waals surface area contributed by atoms with Gasteiger partial charge in [0.1, 0.15) is 11.5 Å². The van der Waals surface area contributed by atoms with E-state index in [4.69, 9.17) is 11.1 Å². The zero-order valence-corrected chi connectivity index (χ0v) is 11.2. The summed E-state index contributed by atoms with van der Waals surface area (Å²) in [6.07, 6.45) is 1.62. The summed E-state index contributed by atoms with van der Waals surface area (Å²) in [5, 5.41) is 14.4. The second-order valence-electron chi connectivity index (χ2n) is 3.81. The minimum Gasteiger partial charge on any atom is -0.382 e. The van der Waals surface area contributed by atoms with Crippen molar-refractivity contribution in [3.05, 3.63) is 40.1 Å². The van der Waals surface area contributed by atoms with Gasteiger partial charge < -0.3 is 5.73 Å². The molecule has 7 nitrogen and oxygen atoms in total. The smallest absolute Gasteiger partial charge is 0.343 e. The van der Waals surface area contributed by atoms with Crippen LogP contribution in [0.3, 0.4) is 0 Å². The molecule has 0 saturated heterocycles. The van der Waals surface area contributed by atoms with Gasteiger partial charge in [-0.2, -0.15) is 0 Å². The van der Waals surface area contributed by atoms with Crippen LogP contribution in [0.15, 0.2) is 28.3 Å². The monoisotopic (exact) mass is 278 g/mol. The number of amidine groups is 1. The summed E-state index contributed by atoms with van der Waals surface area (Å²) in [7, 11) is 0. The molecule has 4 N–H and O–H groups in total. The van der Waals surface area contributed by atoms with Gasteiger partial charge in [0.15, 0.2) is 5.16 Å². The predicted molar refractivity (Wildman–Crippen MR) is 73.3 cm³/mol. The second kappa shape index (κ2) is 5.70. The Kier molecular flexibility index (Phi) is 4.00. The van der Waals surface area contributed by atoms with E-state index in [1.807, 2.05) is 13.0 Å². The first-order valence-electron chi connectivity index (χ1n) is 5.69. The molecule has 0 radical (unpaired) electrons. The normalized spacial score (nSPS) is 10.6. The SMILES string of the molecule is CCn1c(SCc2ccnc(C(=N)N)c2)n[nH]c1=O. The summed E-state index contributed by atoms with van der Waals surface area (Å²) in [6.45, 7) is 2.47. The van der Waals surface area contributed by atoms with Crippen LogP contribution in [0.25, 0.3) is 0 Å². The third-order valence-corrected chi connectivity index (χ3v) is 3.56. The fourth-order valence-corrected chi connectivity index (χ4v) is 2.50. The van der Waals surface area contributed by atoms with E-state index in [9.17, 15) is 4.79 Å². The van der Waals surface area contributed by atoms with E-state index in [1.54, 1.807) is 16.8 Å². The average Bonchev–Trinajstić information content (AvgIpc) is 2.77. The molecule has 0 amide bonds. The quantitative estimate of drug-likeness (QED) is 0.420. The third-order valence-electron chi connectivity index (χ3n) is 2.51. The van der Waals surface area contributed by atoms with Gasteiger partial charge in [-0.1, -0.05) is 11.8 Å². The molecular formula is C11H14N6OS. The Labute approximate surface area is 113 Å². The fraction of sp³-hybridized carbons (Fsp3) is 0.273. The average molecular weight is 278 g/mol. The molecule has 0 aliphatic heterocycles. The summed E-state index contributed by atoms with van der Waals surface area (Å²) in [4.78, 5) is 15.4. The fourth-order valence-electron chi connectivity index (χ4n) is 1.55. The number of nitrogens with two attached hydrogens (primary N) is 1. The lowest BCUT2D eigenvalue weighted by molar-refractivity contribution is 0.660. The van der Waals surface area contributed by atoms with E-state index in [2.05, 4.69) is 15.2 Å². The van der Waals surface area contributed by atoms with E-state index < -0.39 is 0 Å². The van der Waals surface area contributed by atoms with Crippen LogP contribution in [-0.4, -0.2) is 25.6 Å². The summed E-state index contributed by atoms with van der Waals surface area (Å²) in [6, 6.07) is 3.61. The zero-order valence-electron chi connectivity index (χ0n) is 10.4. The molecule has 0 saturated carbocycles. The number of aromatic nitrogens is 4. The highest BCUT2D eigenvalue weighted by Crippen LogP contribution is 2.19. The van der Waals surface area contributed by atoms with Crippen LogP contribution in [0.5, 0.6) is 0 Å². The number of hydrogen-bond acceptors (Lipinski definition) is 5. The van der Waals surface area contributed by atoms with Crippen molar-refractivity contribution < 1.29 is 0 Å². The maximum Gasteiger partial charge on any atom is 0.343 e. The molecule has 0 aliphatic rings. The highest BCUT2D eigenvalue weighted by molar-refractivity contribution is 7.98. The van der Waals surface area contributed by atoms with Crippen LogP contribution in [0.4, 0.5) is 0 Å². The van der Waals surface area contributed by atoms with Gasteiger partial charge in [0.25, 0.3) is 0 Å². The minimum atomic E-state index is -0.204. The van der Waals surface area contributed by atoms with E-state index in [1.165, 1.54) is 11.8 Å². The van der Waals surface area contributed by atoms with Gasteiger partial charge in [0, 0.05) is 18.5 Å². The molecule has 0 fully saturated rings. The van der Waals surface area contributed by atoms with Gasteiger partial charge >= 0.3 is 5.69 Å². The van der Waals surface area contributed by atoms with Crippen molar-refractivity contribution in [1.29, 1.82) is 5.41 Å². The zero-order chi connectivity index (χ0) is 13.8. The Bertz CT molecular complexity index is 647. The number of thioether (sulfide) groups is 1. The Morgan fingerprint density at radius 3 is 3.11 bits per heavy atom.